The Morgan fingerprint density at radius 3 is 2.58 bits per heavy atom. The average Bonchev–Trinajstić information content (AvgIpc) is 3.26. The zero-order chi connectivity index (χ0) is 25.4. The lowest BCUT2D eigenvalue weighted by atomic mass is 9.68. The maximum absolute atomic E-state index is 14.5. The smallest absolute Gasteiger partial charge is 0.320 e. The molecule has 1 aliphatic carbocycles. The number of hydrogen-bond acceptors (Lipinski definition) is 6. The number of nitrogen functional groups attached to an aromatic ring is 1. The Labute approximate surface area is 206 Å². The van der Waals surface area contributed by atoms with E-state index in [1.807, 2.05) is 17.0 Å². The number of carbonyl (C=O) groups excluding carboxylic acids is 1. The van der Waals surface area contributed by atoms with E-state index in [2.05, 4.69) is 21.5 Å². The lowest BCUT2D eigenvalue weighted by Crippen LogP contribution is -2.43. The minimum atomic E-state index is -2.85. The van der Waals surface area contributed by atoms with Crippen LogP contribution in [0.4, 0.5) is 14.6 Å². The van der Waals surface area contributed by atoms with Gasteiger partial charge in [-0.25, -0.2) is 15.0 Å². The minimum Gasteiger partial charge on any atom is -0.383 e. The molecule has 1 fully saturated rings. The molecule has 36 heavy (non-hydrogen) atoms. The standard InChI is InChI=1S/C26H25F2N7O/c1-2-19(36)34-11-9-26(10-12-34)7-5-16(6-8-26)22-20(17-3-4-18(13-29)31-14-17)21-23(30)32-15-33-24(21)35(22)25(27)28/h2-5,14-15,25H,1,6-12H2,(H2,30,32,33). The number of aromatic nitrogens is 4. The molecule has 0 atom stereocenters. The van der Waals surface area contributed by atoms with E-state index in [4.69, 9.17) is 11.0 Å². The van der Waals surface area contributed by atoms with Gasteiger partial charge in [0.25, 0.3) is 0 Å². The number of alkyl halides is 2. The van der Waals surface area contributed by atoms with Gasteiger partial charge >= 0.3 is 6.55 Å². The van der Waals surface area contributed by atoms with Gasteiger partial charge in [-0.2, -0.15) is 14.0 Å². The van der Waals surface area contributed by atoms with Crippen molar-refractivity contribution in [2.45, 2.75) is 38.7 Å². The minimum absolute atomic E-state index is 0.0398. The summed E-state index contributed by atoms with van der Waals surface area (Å²) in [4.78, 5) is 26.2. The fraction of sp³-hybridized carbons (Fsp3) is 0.346. The summed E-state index contributed by atoms with van der Waals surface area (Å²) in [5, 5.41) is 9.48. The predicted octanol–water partition coefficient (Wildman–Crippen LogP) is 4.70. The lowest BCUT2D eigenvalue weighted by molar-refractivity contribution is -0.128. The predicted molar refractivity (Wildman–Crippen MR) is 131 cm³/mol. The maximum atomic E-state index is 14.5. The molecule has 2 N–H and O–H groups in total. The summed E-state index contributed by atoms with van der Waals surface area (Å²) >= 11 is 0. The van der Waals surface area contributed by atoms with Crippen molar-refractivity contribution in [3.05, 3.63) is 54.8 Å². The zero-order valence-corrected chi connectivity index (χ0v) is 19.6. The van der Waals surface area contributed by atoms with Crippen molar-refractivity contribution in [2.75, 3.05) is 18.8 Å². The Kier molecular flexibility index (Phi) is 6.00. The van der Waals surface area contributed by atoms with E-state index >= 15 is 0 Å². The molecule has 1 saturated heterocycles. The van der Waals surface area contributed by atoms with Crippen molar-refractivity contribution in [3.8, 4) is 17.2 Å². The Morgan fingerprint density at radius 2 is 2.00 bits per heavy atom. The van der Waals surface area contributed by atoms with Crippen LogP contribution in [0.2, 0.25) is 0 Å². The molecule has 2 aliphatic rings. The van der Waals surface area contributed by atoms with E-state index in [1.165, 1.54) is 18.6 Å². The number of rotatable bonds is 4. The van der Waals surface area contributed by atoms with Crippen LogP contribution in [0, 0.1) is 16.7 Å². The summed E-state index contributed by atoms with van der Waals surface area (Å²) in [6.45, 7) is 2.06. The van der Waals surface area contributed by atoms with Crippen molar-refractivity contribution in [3.63, 3.8) is 0 Å². The van der Waals surface area contributed by atoms with Crippen molar-refractivity contribution in [1.82, 2.24) is 24.4 Å². The molecule has 0 saturated carbocycles. The van der Waals surface area contributed by atoms with E-state index in [0.29, 0.717) is 41.7 Å². The highest BCUT2D eigenvalue weighted by molar-refractivity contribution is 6.06. The molecule has 1 aliphatic heterocycles. The molecule has 1 amide bonds. The number of nitriles is 1. The molecule has 1 spiro atoms. The first-order valence-electron chi connectivity index (χ1n) is 11.8. The Morgan fingerprint density at radius 1 is 1.22 bits per heavy atom. The number of nitrogens with two attached hydrogens (primary N) is 1. The van der Waals surface area contributed by atoms with Crippen LogP contribution in [-0.4, -0.2) is 43.4 Å². The molecule has 0 aromatic carbocycles. The van der Waals surface area contributed by atoms with Crippen LogP contribution in [0.25, 0.3) is 27.7 Å². The van der Waals surface area contributed by atoms with Gasteiger partial charge < -0.3 is 10.6 Å². The van der Waals surface area contributed by atoms with Crippen LogP contribution in [0.5, 0.6) is 0 Å². The summed E-state index contributed by atoms with van der Waals surface area (Å²) < 4.78 is 30.0. The first-order chi connectivity index (χ1) is 17.4. The number of hydrogen-bond donors (Lipinski definition) is 1. The zero-order valence-electron chi connectivity index (χ0n) is 19.6. The van der Waals surface area contributed by atoms with Crippen molar-refractivity contribution >= 4 is 28.3 Å². The van der Waals surface area contributed by atoms with Gasteiger partial charge in [-0.1, -0.05) is 12.7 Å². The molecule has 3 aromatic heterocycles. The molecule has 0 bridgehead atoms. The summed E-state index contributed by atoms with van der Waals surface area (Å²) in [5.74, 6) is 0.0462. The van der Waals surface area contributed by atoms with E-state index in [0.717, 1.165) is 35.8 Å². The average molecular weight is 490 g/mol. The third-order valence-electron chi connectivity index (χ3n) is 7.50. The number of pyridine rings is 1. The van der Waals surface area contributed by atoms with Gasteiger partial charge in [0.2, 0.25) is 5.91 Å². The monoisotopic (exact) mass is 489 g/mol. The van der Waals surface area contributed by atoms with Gasteiger partial charge in [0.15, 0.2) is 5.65 Å². The number of nitrogens with zero attached hydrogens (tertiary/aromatic N) is 6. The summed E-state index contributed by atoms with van der Waals surface area (Å²) in [6, 6.07) is 5.21. The summed E-state index contributed by atoms with van der Waals surface area (Å²) in [5.41, 5.74) is 8.71. The van der Waals surface area contributed by atoms with Gasteiger partial charge in [-0.15, -0.1) is 0 Å². The number of likely N-dealkylation sites (tertiary alicyclic amines) is 1. The van der Waals surface area contributed by atoms with E-state index < -0.39 is 6.55 Å². The van der Waals surface area contributed by atoms with Crippen LogP contribution < -0.4 is 5.73 Å². The molecule has 3 aromatic rings. The second-order valence-corrected chi connectivity index (χ2v) is 9.34. The van der Waals surface area contributed by atoms with Crippen LogP contribution >= 0.6 is 0 Å². The molecule has 0 unspecified atom stereocenters. The number of piperidine rings is 1. The largest absolute Gasteiger partial charge is 0.383 e. The quantitative estimate of drug-likeness (QED) is 0.531. The lowest BCUT2D eigenvalue weighted by Gasteiger charge is -2.43. The molecule has 4 heterocycles. The molecule has 8 nitrogen and oxygen atoms in total. The van der Waals surface area contributed by atoms with Crippen LogP contribution in [0.1, 0.15) is 50.0 Å². The Balaban J connectivity index is 1.60. The molecule has 184 valence electrons. The fourth-order valence-electron chi connectivity index (χ4n) is 5.49. The molecular formula is C26H25F2N7O. The highest BCUT2D eigenvalue weighted by Crippen LogP contribution is 2.49. The number of carbonyl (C=O) groups is 1. The molecule has 10 heteroatoms. The SMILES string of the molecule is C=CC(=O)N1CCC2(CC=C(c3c(-c4ccc(C#N)nc4)c4c(N)ncnc4n3C(F)F)CC2)CC1. The second-order valence-electron chi connectivity index (χ2n) is 9.34. The third kappa shape index (κ3) is 3.90. The molecular weight excluding hydrogens is 464 g/mol. The van der Waals surface area contributed by atoms with Crippen molar-refractivity contribution in [2.24, 2.45) is 5.41 Å². The second kappa shape index (κ2) is 9.15. The number of allylic oxidation sites excluding steroid dienone is 2. The van der Waals surface area contributed by atoms with Crippen LogP contribution in [0.3, 0.4) is 0 Å². The van der Waals surface area contributed by atoms with E-state index in [9.17, 15) is 13.6 Å². The first kappa shape index (κ1) is 23.6. The van der Waals surface area contributed by atoms with Gasteiger partial charge in [0.1, 0.15) is 23.9 Å². The number of halogens is 2. The Bertz CT molecular complexity index is 1410. The van der Waals surface area contributed by atoms with Gasteiger partial charge in [0, 0.05) is 30.4 Å². The van der Waals surface area contributed by atoms with Gasteiger partial charge in [-0.3, -0.25) is 9.36 Å². The fourth-order valence-corrected chi connectivity index (χ4v) is 5.49. The molecule has 5 rings (SSSR count). The summed E-state index contributed by atoms with van der Waals surface area (Å²) in [6.07, 6.45) is 9.95. The topological polar surface area (TPSA) is 114 Å². The van der Waals surface area contributed by atoms with Crippen LogP contribution in [0.15, 0.2) is 43.4 Å². The highest BCUT2D eigenvalue weighted by Gasteiger charge is 2.38. The third-order valence-corrected chi connectivity index (χ3v) is 7.50. The maximum Gasteiger partial charge on any atom is 0.320 e. The van der Waals surface area contributed by atoms with Crippen molar-refractivity contribution < 1.29 is 13.6 Å². The first-order valence-corrected chi connectivity index (χ1v) is 11.8. The number of anilines is 1. The number of fused-ring (bicyclic) bond motifs is 1. The van der Waals surface area contributed by atoms with Gasteiger partial charge in [0.05, 0.1) is 11.1 Å². The van der Waals surface area contributed by atoms with E-state index in [1.54, 1.807) is 12.1 Å². The Hall–Kier alpha value is -4.13. The molecule has 0 radical (unpaired) electrons. The van der Waals surface area contributed by atoms with Crippen LogP contribution in [-0.2, 0) is 4.79 Å². The number of amides is 1. The normalized spacial score (nSPS) is 17.3. The highest BCUT2D eigenvalue weighted by atomic mass is 19.3. The van der Waals surface area contributed by atoms with Crippen molar-refractivity contribution in [1.29, 1.82) is 5.26 Å². The summed E-state index contributed by atoms with van der Waals surface area (Å²) in [7, 11) is 0. The van der Waals surface area contributed by atoms with Gasteiger partial charge in [-0.05, 0) is 61.3 Å². The van der Waals surface area contributed by atoms with E-state index in [-0.39, 0.29) is 28.5 Å².